The Balaban J connectivity index is 0.00000312. The van der Waals surface area contributed by atoms with Crippen molar-refractivity contribution in [1.82, 2.24) is 5.32 Å². The summed E-state index contributed by atoms with van der Waals surface area (Å²) in [6.07, 6.45) is 0.749. The lowest BCUT2D eigenvalue weighted by Gasteiger charge is -2.09. The largest absolute Gasteiger partial charge is 0.504 e. The minimum Gasteiger partial charge on any atom is -0.504 e. The number of carbonyl (C=O) groups is 1. The van der Waals surface area contributed by atoms with E-state index in [9.17, 15) is 15.0 Å². The van der Waals surface area contributed by atoms with E-state index >= 15 is 0 Å². The maximum atomic E-state index is 10.9. The standard InChI is InChI=1S/C18H22N2O4.ClH/c1-13(21)20-15-3-5-16(6-4-15)24-11-10-19-9-8-14-2-7-17(22)18(23)12-14;/h2-7,12,19,22-23H,8-11H2,1H3,(H,20,21);1H. The molecule has 2 rings (SSSR count). The lowest BCUT2D eigenvalue weighted by molar-refractivity contribution is -0.114. The Morgan fingerprint density at radius 3 is 2.40 bits per heavy atom. The molecule has 7 heteroatoms. The van der Waals surface area contributed by atoms with Crippen LogP contribution in [-0.2, 0) is 11.2 Å². The van der Waals surface area contributed by atoms with Gasteiger partial charge < -0.3 is 25.6 Å². The molecule has 0 aromatic heterocycles. The first kappa shape index (κ1) is 20.6. The van der Waals surface area contributed by atoms with E-state index < -0.39 is 0 Å². The van der Waals surface area contributed by atoms with Gasteiger partial charge in [-0.15, -0.1) is 12.4 Å². The van der Waals surface area contributed by atoms with E-state index in [1.807, 2.05) is 12.1 Å². The van der Waals surface area contributed by atoms with Crippen molar-refractivity contribution in [2.45, 2.75) is 13.3 Å². The van der Waals surface area contributed by atoms with Gasteiger partial charge in [0.2, 0.25) is 5.91 Å². The molecule has 0 unspecified atom stereocenters. The highest BCUT2D eigenvalue weighted by Gasteiger charge is 2.01. The average molecular weight is 367 g/mol. The monoisotopic (exact) mass is 366 g/mol. The van der Waals surface area contributed by atoms with Crippen molar-refractivity contribution in [3.63, 3.8) is 0 Å². The number of nitrogens with one attached hydrogen (secondary N) is 2. The van der Waals surface area contributed by atoms with Crippen LogP contribution >= 0.6 is 12.4 Å². The minimum absolute atomic E-state index is 0. The molecule has 0 spiro atoms. The first-order valence-electron chi connectivity index (χ1n) is 7.76. The van der Waals surface area contributed by atoms with Gasteiger partial charge in [0.05, 0.1) is 0 Å². The molecule has 0 radical (unpaired) electrons. The van der Waals surface area contributed by atoms with Crippen molar-refractivity contribution in [1.29, 1.82) is 0 Å². The van der Waals surface area contributed by atoms with Crippen molar-refractivity contribution >= 4 is 24.0 Å². The second kappa shape index (κ2) is 10.4. The highest BCUT2D eigenvalue weighted by Crippen LogP contribution is 2.24. The number of amides is 1. The van der Waals surface area contributed by atoms with Gasteiger partial charge in [0.25, 0.3) is 0 Å². The summed E-state index contributed by atoms with van der Waals surface area (Å²) in [5, 5.41) is 24.6. The van der Waals surface area contributed by atoms with E-state index in [4.69, 9.17) is 4.74 Å². The topological polar surface area (TPSA) is 90.8 Å². The van der Waals surface area contributed by atoms with Gasteiger partial charge in [-0.2, -0.15) is 0 Å². The van der Waals surface area contributed by atoms with Crippen LogP contribution in [0, 0.1) is 0 Å². The second-order valence-electron chi connectivity index (χ2n) is 5.38. The highest BCUT2D eigenvalue weighted by molar-refractivity contribution is 5.88. The molecule has 4 N–H and O–H groups in total. The van der Waals surface area contributed by atoms with E-state index in [1.54, 1.807) is 24.3 Å². The van der Waals surface area contributed by atoms with Crippen LogP contribution in [0.4, 0.5) is 5.69 Å². The number of halogens is 1. The van der Waals surface area contributed by atoms with Gasteiger partial charge in [-0.25, -0.2) is 0 Å². The molecular formula is C18H23ClN2O4. The van der Waals surface area contributed by atoms with Crippen LogP contribution in [0.15, 0.2) is 42.5 Å². The molecule has 0 atom stereocenters. The summed E-state index contributed by atoms with van der Waals surface area (Å²) in [6, 6.07) is 12.0. The molecule has 25 heavy (non-hydrogen) atoms. The number of benzene rings is 2. The fraction of sp³-hybridized carbons (Fsp3) is 0.278. The molecule has 0 bridgehead atoms. The van der Waals surface area contributed by atoms with Gasteiger partial charge in [-0.05, 0) is 54.9 Å². The van der Waals surface area contributed by atoms with Crippen molar-refractivity contribution in [3.05, 3.63) is 48.0 Å². The number of rotatable bonds is 8. The number of hydrogen-bond acceptors (Lipinski definition) is 5. The summed E-state index contributed by atoms with van der Waals surface area (Å²) in [5.74, 6) is 0.437. The van der Waals surface area contributed by atoms with Gasteiger partial charge >= 0.3 is 0 Å². The summed E-state index contributed by atoms with van der Waals surface area (Å²) in [6.45, 7) is 3.43. The third-order valence-corrected chi connectivity index (χ3v) is 3.35. The molecule has 0 aliphatic rings. The predicted octanol–water partition coefficient (Wildman–Crippen LogP) is 2.69. The molecule has 1 amide bonds. The molecule has 6 nitrogen and oxygen atoms in total. The fourth-order valence-electron chi connectivity index (χ4n) is 2.16. The third-order valence-electron chi connectivity index (χ3n) is 3.35. The lowest BCUT2D eigenvalue weighted by Crippen LogP contribution is -2.23. The normalized spacial score (nSPS) is 9.96. The van der Waals surface area contributed by atoms with Gasteiger partial charge in [0.1, 0.15) is 12.4 Å². The van der Waals surface area contributed by atoms with Gasteiger partial charge in [-0.1, -0.05) is 6.07 Å². The molecule has 0 saturated carbocycles. The lowest BCUT2D eigenvalue weighted by atomic mass is 10.1. The number of hydrogen-bond donors (Lipinski definition) is 4. The Morgan fingerprint density at radius 1 is 1.04 bits per heavy atom. The van der Waals surface area contributed by atoms with E-state index in [-0.39, 0.29) is 29.8 Å². The fourth-order valence-corrected chi connectivity index (χ4v) is 2.16. The summed E-state index contributed by atoms with van der Waals surface area (Å²) in [5.41, 5.74) is 1.69. The molecule has 136 valence electrons. The van der Waals surface area contributed by atoms with Crippen LogP contribution in [0.2, 0.25) is 0 Å². The van der Waals surface area contributed by atoms with Gasteiger partial charge in [-0.3, -0.25) is 4.79 Å². The minimum atomic E-state index is -0.107. The van der Waals surface area contributed by atoms with Crippen LogP contribution < -0.4 is 15.4 Å². The summed E-state index contributed by atoms with van der Waals surface area (Å²) in [4.78, 5) is 10.9. The third kappa shape index (κ3) is 7.32. The molecule has 0 aliphatic heterocycles. The summed E-state index contributed by atoms with van der Waals surface area (Å²) in [7, 11) is 0. The Hall–Kier alpha value is -2.44. The van der Waals surface area contributed by atoms with Crippen LogP contribution in [0.1, 0.15) is 12.5 Å². The van der Waals surface area contributed by atoms with E-state index in [2.05, 4.69) is 10.6 Å². The predicted molar refractivity (Wildman–Crippen MR) is 99.8 cm³/mol. The summed E-state index contributed by atoms with van der Waals surface area (Å²) < 4.78 is 5.60. The Morgan fingerprint density at radius 2 is 1.76 bits per heavy atom. The van der Waals surface area contributed by atoms with Crippen molar-refractivity contribution < 1.29 is 19.7 Å². The Labute approximate surface area is 153 Å². The van der Waals surface area contributed by atoms with Gasteiger partial charge in [0, 0.05) is 19.2 Å². The SMILES string of the molecule is CC(=O)Nc1ccc(OCCNCCc2ccc(O)c(O)c2)cc1.Cl. The van der Waals surface area contributed by atoms with Crippen molar-refractivity contribution in [2.24, 2.45) is 0 Å². The van der Waals surface area contributed by atoms with Crippen LogP contribution in [-0.4, -0.2) is 35.8 Å². The Bertz CT molecular complexity index is 677. The average Bonchev–Trinajstić information content (AvgIpc) is 2.55. The van der Waals surface area contributed by atoms with E-state index in [0.29, 0.717) is 13.2 Å². The molecule has 2 aromatic carbocycles. The molecule has 0 saturated heterocycles. The quantitative estimate of drug-likeness (QED) is 0.426. The molecule has 0 aliphatic carbocycles. The number of phenolic OH excluding ortho intramolecular Hbond substituents is 2. The summed E-state index contributed by atoms with van der Waals surface area (Å²) >= 11 is 0. The number of anilines is 1. The number of aromatic hydroxyl groups is 2. The number of carbonyl (C=O) groups excluding carboxylic acids is 1. The van der Waals surface area contributed by atoms with E-state index in [1.165, 1.54) is 13.0 Å². The zero-order valence-electron chi connectivity index (χ0n) is 14.0. The van der Waals surface area contributed by atoms with Crippen molar-refractivity contribution in [2.75, 3.05) is 25.0 Å². The maximum absolute atomic E-state index is 10.9. The zero-order valence-corrected chi connectivity index (χ0v) is 14.8. The first-order valence-corrected chi connectivity index (χ1v) is 7.76. The maximum Gasteiger partial charge on any atom is 0.221 e. The van der Waals surface area contributed by atoms with E-state index in [0.717, 1.165) is 30.0 Å². The molecule has 0 fully saturated rings. The van der Waals surface area contributed by atoms with Crippen LogP contribution in [0.5, 0.6) is 17.2 Å². The zero-order chi connectivity index (χ0) is 17.4. The molecular weight excluding hydrogens is 344 g/mol. The highest BCUT2D eigenvalue weighted by atomic mass is 35.5. The molecule has 2 aromatic rings. The smallest absolute Gasteiger partial charge is 0.221 e. The number of ether oxygens (including phenoxy) is 1. The molecule has 0 heterocycles. The second-order valence-corrected chi connectivity index (χ2v) is 5.38. The van der Waals surface area contributed by atoms with Crippen LogP contribution in [0.3, 0.4) is 0 Å². The number of phenols is 2. The van der Waals surface area contributed by atoms with Crippen LogP contribution in [0.25, 0.3) is 0 Å². The van der Waals surface area contributed by atoms with Gasteiger partial charge in [0.15, 0.2) is 11.5 Å². The van der Waals surface area contributed by atoms with Crippen molar-refractivity contribution in [3.8, 4) is 17.2 Å². The first-order chi connectivity index (χ1) is 11.5. The Kier molecular flexibility index (Phi) is 8.60.